The smallest absolute Gasteiger partial charge is 0.188 e. The standard InChI is InChI=1S/C9H10Br2O2/c1-6-3-7(10)9(8(11)4-6)13-5-12-2/h3-4H,5H2,1-2H3. The first kappa shape index (κ1) is 11.0. The second-order valence-corrected chi connectivity index (χ2v) is 4.32. The van der Waals surface area contributed by atoms with E-state index in [-0.39, 0.29) is 6.79 Å². The molecule has 1 rings (SSSR count). The van der Waals surface area contributed by atoms with E-state index in [0.29, 0.717) is 0 Å². The molecular formula is C9H10Br2O2. The van der Waals surface area contributed by atoms with Gasteiger partial charge in [-0.3, -0.25) is 0 Å². The first-order valence-corrected chi connectivity index (χ1v) is 5.31. The Morgan fingerprint density at radius 2 is 1.77 bits per heavy atom. The van der Waals surface area contributed by atoms with Crippen LogP contribution in [0.3, 0.4) is 0 Å². The third kappa shape index (κ3) is 2.97. The number of hydrogen-bond donors (Lipinski definition) is 0. The molecule has 1 aromatic carbocycles. The highest BCUT2D eigenvalue weighted by Crippen LogP contribution is 2.34. The third-order valence-electron chi connectivity index (χ3n) is 1.46. The summed E-state index contributed by atoms with van der Waals surface area (Å²) < 4.78 is 12.0. The Bertz CT molecular complexity index is 277. The van der Waals surface area contributed by atoms with Crippen LogP contribution in [0.4, 0.5) is 0 Å². The number of aryl methyl sites for hydroxylation is 1. The summed E-state index contributed by atoms with van der Waals surface area (Å²) in [6, 6.07) is 3.99. The van der Waals surface area contributed by atoms with Crippen LogP contribution in [-0.2, 0) is 4.74 Å². The van der Waals surface area contributed by atoms with Crippen molar-refractivity contribution >= 4 is 31.9 Å². The second-order valence-electron chi connectivity index (χ2n) is 2.61. The lowest BCUT2D eigenvalue weighted by molar-refractivity contribution is 0.0500. The van der Waals surface area contributed by atoms with E-state index in [4.69, 9.17) is 9.47 Å². The van der Waals surface area contributed by atoms with E-state index in [1.165, 1.54) is 5.56 Å². The molecule has 4 heteroatoms. The van der Waals surface area contributed by atoms with E-state index in [2.05, 4.69) is 31.9 Å². The lowest BCUT2D eigenvalue weighted by Crippen LogP contribution is -2.00. The summed E-state index contributed by atoms with van der Waals surface area (Å²) in [5.41, 5.74) is 1.17. The number of hydrogen-bond acceptors (Lipinski definition) is 2. The van der Waals surface area contributed by atoms with E-state index in [1.54, 1.807) is 7.11 Å². The lowest BCUT2D eigenvalue weighted by atomic mass is 10.2. The topological polar surface area (TPSA) is 18.5 Å². The molecule has 0 aliphatic carbocycles. The monoisotopic (exact) mass is 308 g/mol. The van der Waals surface area contributed by atoms with Crippen molar-refractivity contribution in [3.05, 3.63) is 26.6 Å². The van der Waals surface area contributed by atoms with Crippen LogP contribution < -0.4 is 4.74 Å². The van der Waals surface area contributed by atoms with Crippen molar-refractivity contribution in [2.24, 2.45) is 0 Å². The van der Waals surface area contributed by atoms with E-state index >= 15 is 0 Å². The quantitative estimate of drug-likeness (QED) is 0.796. The Balaban J connectivity index is 2.92. The van der Waals surface area contributed by atoms with Crippen LogP contribution in [0, 0.1) is 6.92 Å². The summed E-state index contributed by atoms with van der Waals surface area (Å²) in [4.78, 5) is 0. The van der Waals surface area contributed by atoms with Crippen molar-refractivity contribution in [3.8, 4) is 5.75 Å². The van der Waals surface area contributed by atoms with Crippen molar-refractivity contribution in [1.29, 1.82) is 0 Å². The molecule has 0 aromatic heterocycles. The van der Waals surface area contributed by atoms with Crippen molar-refractivity contribution in [2.75, 3.05) is 13.9 Å². The van der Waals surface area contributed by atoms with Gasteiger partial charge in [0.25, 0.3) is 0 Å². The zero-order chi connectivity index (χ0) is 9.84. The summed E-state index contributed by atoms with van der Waals surface area (Å²) in [6.07, 6.45) is 0. The van der Waals surface area contributed by atoms with E-state index in [1.807, 2.05) is 19.1 Å². The maximum absolute atomic E-state index is 5.36. The summed E-state index contributed by atoms with van der Waals surface area (Å²) in [5.74, 6) is 0.771. The molecular weight excluding hydrogens is 300 g/mol. The van der Waals surface area contributed by atoms with Crippen LogP contribution >= 0.6 is 31.9 Å². The zero-order valence-corrected chi connectivity index (χ0v) is 10.6. The van der Waals surface area contributed by atoms with Crippen LogP contribution in [0.5, 0.6) is 5.75 Å². The Hall–Kier alpha value is -0.0600. The molecule has 0 heterocycles. The minimum Gasteiger partial charge on any atom is -0.465 e. The maximum atomic E-state index is 5.36. The number of ether oxygens (including phenoxy) is 2. The average Bonchev–Trinajstić information content (AvgIpc) is 2.02. The van der Waals surface area contributed by atoms with Gasteiger partial charge in [-0.1, -0.05) is 0 Å². The van der Waals surface area contributed by atoms with Gasteiger partial charge >= 0.3 is 0 Å². The van der Waals surface area contributed by atoms with Crippen molar-refractivity contribution in [1.82, 2.24) is 0 Å². The molecule has 0 saturated heterocycles. The fourth-order valence-corrected chi connectivity index (χ4v) is 2.59. The Morgan fingerprint density at radius 3 is 2.23 bits per heavy atom. The minimum atomic E-state index is 0.250. The normalized spacial score (nSPS) is 10.2. The first-order chi connectivity index (χ1) is 6.15. The van der Waals surface area contributed by atoms with Crippen molar-refractivity contribution in [3.63, 3.8) is 0 Å². The number of benzene rings is 1. The second kappa shape index (κ2) is 4.98. The van der Waals surface area contributed by atoms with Crippen LogP contribution in [0.2, 0.25) is 0 Å². The van der Waals surface area contributed by atoms with Crippen molar-refractivity contribution in [2.45, 2.75) is 6.92 Å². The molecule has 0 spiro atoms. The van der Waals surface area contributed by atoms with Crippen LogP contribution in [0.1, 0.15) is 5.56 Å². The van der Waals surface area contributed by atoms with Crippen LogP contribution in [0.25, 0.3) is 0 Å². The molecule has 0 aliphatic heterocycles. The highest BCUT2D eigenvalue weighted by atomic mass is 79.9. The molecule has 0 saturated carbocycles. The molecule has 0 N–H and O–H groups in total. The van der Waals surface area contributed by atoms with E-state index in [9.17, 15) is 0 Å². The van der Waals surface area contributed by atoms with Gasteiger partial charge in [-0.25, -0.2) is 0 Å². The molecule has 1 aromatic rings. The van der Waals surface area contributed by atoms with E-state index < -0.39 is 0 Å². The summed E-state index contributed by atoms with van der Waals surface area (Å²) in [5, 5.41) is 0. The number of methoxy groups -OCH3 is 1. The van der Waals surface area contributed by atoms with Crippen LogP contribution in [-0.4, -0.2) is 13.9 Å². The minimum absolute atomic E-state index is 0.250. The largest absolute Gasteiger partial charge is 0.465 e. The Morgan fingerprint density at radius 1 is 1.23 bits per heavy atom. The fourth-order valence-electron chi connectivity index (χ4n) is 0.942. The van der Waals surface area contributed by atoms with Gasteiger partial charge in [-0.05, 0) is 56.5 Å². The molecule has 2 nitrogen and oxygen atoms in total. The maximum Gasteiger partial charge on any atom is 0.188 e. The number of halogens is 2. The highest BCUT2D eigenvalue weighted by Gasteiger charge is 2.06. The predicted octanol–water partition coefficient (Wildman–Crippen LogP) is 3.50. The first-order valence-electron chi connectivity index (χ1n) is 3.72. The molecule has 0 amide bonds. The van der Waals surface area contributed by atoms with Gasteiger partial charge in [0, 0.05) is 7.11 Å². The molecule has 13 heavy (non-hydrogen) atoms. The molecule has 0 fully saturated rings. The SMILES string of the molecule is COCOc1c(Br)cc(C)cc1Br. The Kier molecular flexibility index (Phi) is 4.22. The van der Waals surface area contributed by atoms with E-state index in [0.717, 1.165) is 14.7 Å². The predicted molar refractivity (Wildman–Crippen MR) is 59.1 cm³/mol. The van der Waals surface area contributed by atoms with Gasteiger partial charge in [-0.2, -0.15) is 0 Å². The number of rotatable bonds is 3. The average molecular weight is 310 g/mol. The molecule has 0 aliphatic rings. The zero-order valence-electron chi connectivity index (χ0n) is 7.43. The van der Waals surface area contributed by atoms with Crippen molar-refractivity contribution < 1.29 is 9.47 Å². The van der Waals surface area contributed by atoms with Gasteiger partial charge in [0.2, 0.25) is 0 Å². The molecule has 0 atom stereocenters. The highest BCUT2D eigenvalue weighted by molar-refractivity contribution is 9.11. The molecule has 0 unspecified atom stereocenters. The fraction of sp³-hybridized carbons (Fsp3) is 0.333. The summed E-state index contributed by atoms with van der Waals surface area (Å²) >= 11 is 6.84. The molecule has 0 radical (unpaired) electrons. The van der Waals surface area contributed by atoms with Crippen LogP contribution in [0.15, 0.2) is 21.1 Å². The van der Waals surface area contributed by atoms with Gasteiger partial charge in [0.1, 0.15) is 0 Å². The third-order valence-corrected chi connectivity index (χ3v) is 2.64. The van der Waals surface area contributed by atoms with Gasteiger partial charge in [0.05, 0.1) is 8.95 Å². The Labute approximate surface area is 94.5 Å². The summed E-state index contributed by atoms with van der Waals surface area (Å²) in [6.45, 7) is 2.27. The van der Waals surface area contributed by atoms with Gasteiger partial charge < -0.3 is 9.47 Å². The van der Waals surface area contributed by atoms with Gasteiger partial charge in [0.15, 0.2) is 12.5 Å². The lowest BCUT2D eigenvalue weighted by Gasteiger charge is -2.09. The molecule has 0 bridgehead atoms. The van der Waals surface area contributed by atoms with Gasteiger partial charge in [-0.15, -0.1) is 0 Å². The molecule has 72 valence electrons. The summed E-state index contributed by atoms with van der Waals surface area (Å²) in [7, 11) is 1.59.